The first-order valence-electron chi connectivity index (χ1n) is 5.69. The van der Waals surface area contributed by atoms with Crippen molar-refractivity contribution in [2.75, 3.05) is 13.2 Å². The van der Waals surface area contributed by atoms with Crippen molar-refractivity contribution >= 4 is 5.91 Å². The average molecular weight is 235 g/mol. The number of nitrogens with zero attached hydrogens (tertiary/aromatic N) is 1. The predicted octanol–water partition coefficient (Wildman–Crippen LogP) is 1.36. The number of hydrogen-bond acceptors (Lipinski definition) is 3. The smallest absolute Gasteiger partial charge is 0.278 e. The number of aryl methyl sites for hydroxylation is 3. The van der Waals surface area contributed by atoms with Gasteiger partial charge in [0.15, 0.2) is 0 Å². The van der Waals surface area contributed by atoms with E-state index in [0.717, 1.165) is 16.7 Å². The van der Waals surface area contributed by atoms with Crippen LogP contribution in [0.15, 0.2) is 12.1 Å². The van der Waals surface area contributed by atoms with E-state index in [1.807, 2.05) is 32.9 Å². The number of aliphatic hydroxyl groups excluding tert-OH is 1. The summed E-state index contributed by atoms with van der Waals surface area (Å²) in [5, 5.41) is 10.6. The fourth-order valence-corrected chi connectivity index (χ4v) is 2.26. The molecule has 1 saturated heterocycles. The van der Waals surface area contributed by atoms with Crippen LogP contribution in [0.25, 0.3) is 0 Å². The van der Waals surface area contributed by atoms with Crippen LogP contribution in [0.3, 0.4) is 0 Å². The van der Waals surface area contributed by atoms with Gasteiger partial charge < -0.3 is 5.11 Å². The van der Waals surface area contributed by atoms with Gasteiger partial charge in [0.1, 0.15) is 12.7 Å². The number of rotatable bonds is 1. The summed E-state index contributed by atoms with van der Waals surface area (Å²) in [5.74, 6) is -0.170. The van der Waals surface area contributed by atoms with Crippen LogP contribution in [-0.4, -0.2) is 35.3 Å². The Kier molecular flexibility index (Phi) is 3.17. The molecular formula is C13H17NO3. The van der Waals surface area contributed by atoms with Crippen LogP contribution < -0.4 is 0 Å². The number of benzene rings is 1. The van der Waals surface area contributed by atoms with Gasteiger partial charge in [-0.3, -0.25) is 9.63 Å². The summed E-state index contributed by atoms with van der Waals surface area (Å²) >= 11 is 0. The first-order valence-corrected chi connectivity index (χ1v) is 5.69. The zero-order chi connectivity index (χ0) is 12.6. The lowest BCUT2D eigenvalue weighted by molar-refractivity contribution is -0.0780. The van der Waals surface area contributed by atoms with Crippen molar-refractivity contribution in [2.24, 2.45) is 0 Å². The summed E-state index contributed by atoms with van der Waals surface area (Å²) in [7, 11) is 0. The summed E-state index contributed by atoms with van der Waals surface area (Å²) in [6.07, 6.45) is -0.579. The molecule has 0 aromatic heterocycles. The summed E-state index contributed by atoms with van der Waals surface area (Å²) in [6, 6.07) is 3.96. The number of carbonyl (C=O) groups excluding carboxylic acids is 1. The lowest BCUT2D eigenvalue weighted by Gasteiger charge is -2.17. The van der Waals surface area contributed by atoms with E-state index in [2.05, 4.69) is 0 Å². The van der Waals surface area contributed by atoms with E-state index >= 15 is 0 Å². The van der Waals surface area contributed by atoms with E-state index in [1.165, 1.54) is 5.06 Å². The molecule has 0 aliphatic carbocycles. The molecule has 92 valence electrons. The Labute approximate surface area is 101 Å². The third-order valence-corrected chi connectivity index (χ3v) is 2.92. The number of hydroxylamine groups is 2. The van der Waals surface area contributed by atoms with E-state index < -0.39 is 6.10 Å². The van der Waals surface area contributed by atoms with Crippen LogP contribution in [0.1, 0.15) is 27.0 Å². The van der Waals surface area contributed by atoms with Gasteiger partial charge in [0.2, 0.25) is 0 Å². The molecule has 0 bridgehead atoms. The van der Waals surface area contributed by atoms with Gasteiger partial charge in [-0.25, -0.2) is 5.06 Å². The molecule has 2 rings (SSSR count). The first-order chi connectivity index (χ1) is 7.99. The molecule has 1 heterocycles. The van der Waals surface area contributed by atoms with Crippen molar-refractivity contribution in [3.63, 3.8) is 0 Å². The standard InChI is InChI=1S/C13H17NO3/c1-8-4-9(2)12(10(3)5-8)13(16)14-6-11(15)7-17-14/h4-5,11,15H,6-7H2,1-3H3/t11-/m0/s1. The van der Waals surface area contributed by atoms with Gasteiger partial charge in [0.25, 0.3) is 5.91 Å². The predicted molar refractivity (Wildman–Crippen MR) is 63.6 cm³/mol. The topological polar surface area (TPSA) is 49.8 Å². The van der Waals surface area contributed by atoms with Gasteiger partial charge in [-0.05, 0) is 31.9 Å². The van der Waals surface area contributed by atoms with Crippen molar-refractivity contribution in [3.05, 3.63) is 34.4 Å². The molecule has 1 fully saturated rings. The lowest BCUT2D eigenvalue weighted by Crippen LogP contribution is -2.29. The fourth-order valence-electron chi connectivity index (χ4n) is 2.26. The highest BCUT2D eigenvalue weighted by Gasteiger charge is 2.28. The Morgan fingerprint density at radius 1 is 1.35 bits per heavy atom. The normalized spacial score (nSPS) is 19.8. The van der Waals surface area contributed by atoms with Gasteiger partial charge in [-0.1, -0.05) is 17.7 Å². The van der Waals surface area contributed by atoms with E-state index in [4.69, 9.17) is 4.84 Å². The molecule has 1 aliphatic heterocycles. The number of β-amino-alcohol motifs (C(OH)–C–C–N with tert-alkyl or cyclic N) is 1. The number of hydrogen-bond donors (Lipinski definition) is 1. The van der Waals surface area contributed by atoms with Crippen LogP contribution in [0.5, 0.6) is 0 Å². The molecule has 4 nitrogen and oxygen atoms in total. The Hall–Kier alpha value is -1.39. The maximum absolute atomic E-state index is 12.2. The highest BCUT2D eigenvalue weighted by molar-refractivity contribution is 5.96. The SMILES string of the molecule is Cc1cc(C)c(C(=O)N2C[C@H](O)CO2)c(C)c1. The summed E-state index contributed by atoms with van der Waals surface area (Å²) < 4.78 is 0. The van der Waals surface area contributed by atoms with Gasteiger partial charge >= 0.3 is 0 Å². The zero-order valence-electron chi connectivity index (χ0n) is 10.4. The van der Waals surface area contributed by atoms with Crippen molar-refractivity contribution in [1.82, 2.24) is 5.06 Å². The van der Waals surface area contributed by atoms with Crippen LogP contribution >= 0.6 is 0 Å². The fraction of sp³-hybridized carbons (Fsp3) is 0.462. The largest absolute Gasteiger partial charge is 0.389 e. The molecule has 0 radical (unpaired) electrons. The molecule has 0 spiro atoms. The third kappa shape index (κ3) is 2.33. The minimum absolute atomic E-state index is 0.170. The third-order valence-electron chi connectivity index (χ3n) is 2.92. The van der Waals surface area contributed by atoms with Gasteiger partial charge in [-0.15, -0.1) is 0 Å². The number of aliphatic hydroxyl groups is 1. The Bertz CT molecular complexity index is 433. The van der Waals surface area contributed by atoms with Crippen LogP contribution in [0.2, 0.25) is 0 Å². The van der Waals surface area contributed by atoms with Crippen molar-refractivity contribution in [3.8, 4) is 0 Å². The maximum atomic E-state index is 12.2. The summed E-state index contributed by atoms with van der Waals surface area (Å²) in [5.41, 5.74) is 3.69. The molecule has 0 unspecified atom stereocenters. The Balaban J connectivity index is 2.31. The second kappa shape index (κ2) is 4.47. The van der Waals surface area contributed by atoms with Crippen LogP contribution in [0.4, 0.5) is 0 Å². The number of amides is 1. The van der Waals surface area contributed by atoms with Crippen molar-refractivity contribution < 1.29 is 14.7 Å². The van der Waals surface area contributed by atoms with Crippen LogP contribution in [-0.2, 0) is 4.84 Å². The van der Waals surface area contributed by atoms with Gasteiger partial charge in [0, 0.05) is 5.56 Å². The van der Waals surface area contributed by atoms with E-state index in [9.17, 15) is 9.90 Å². The molecule has 0 saturated carbocycles. The second-order valence-electron chi connectivity index (χ2n) is 4.59. The molecule has 1 N–H and O–H groups in total. The average Bonchev–Trinajstić information content (AvgIpc) is 2.63. The second-order valence-corrected chi connectivity index (χ2v) is 4.59. The Morgan fingerprint density at radius 3 is 2.41 bits per heavy atom. The molecule has 4 heteroatoms. The molecule has 1 aromatic rings. The van der Waals surface area contributed by atoms with Crippen molar-refractivity contribution in [1.29, 1.82) is 0 Å². The van der Waals surface area contributed by atoms with Crippen LogP contribution in [0, 0.1) is 20.8 Å². The number of carbonyl (C=O) groups is 1. The summed E-state index contributed by atoms with van der Waals surface area (Å²) in [4.78, 5) is 17.4. The first kappa shape index (κ1) is 12.1. The van der Waals surface area contributed by atoms with Gasteiger partial charge in [0.05, 0.1) is 6.54 Å². The highest BCUT2D eigenvalue weighted by Crippen LogP contribution is 2.20. The van der Waals surface area contributed by atoms with Gasteiger partial charge in [-0.2, -0.15) is 0 Å². The Morgan fingerprint density at radius 2 is 1.94 bits per heavy atom. The zero-order valence-corrected chi connectivity index (χ0v) is 10.4. The monoisotopic (exact) mass is 235 g/mol. The van der Waals surface area contributed by atoms with E-state index in [0.29, 0.717) is 5.56 Å². The van der Waals surface area contributed by atoms with E-state index in [1.54, 1.807) is 0 Å². The molecule has 1 aromatic carbocycles. The highest BCUT2D eigenvalue weighted by atomic mass is 16.7. The minimum atomic E-state index is -0.579. The molecule has 1 amide bonds. The molecular weight excluding hydrogens is 218 g/mol. The van der Waals surface area contributed by atoms with Crippen molar-refractivity contribution in [2.45, 2.75) is 26.9 Å². The summed E-state index contributed by atoms with van der Waals surface area (Å²) in [6.45, 7) is 6.27. The van der Waals surface area contributed by atoms with E-state index in [-0.39, 0.29) is 19.1 Å². The molecule has 17 heavy (non-hydrogen) atoms. The lowest BCUT2D eigenvalue weighted by atomic mass is 9.99. The molecule has 1 atom stereocenters. The minimum Gasteiger partial charge on any atom is -0.389 e. The molecule has 1 aliphatic rings. The maximum Gasteiger partial charge on any atom is 0.278 e. The quantitative estimate of drug-likeness (QED) is 0.799.